The standard InChI is InChI=1S/C22H18F3N3O4S/c1-27(2)7-8-28-20(30)19(33-21(28)31)11-13-3-6-18(16(29)10-13)32-17-5-4-14(12-26)9-15(17)22(23,24)25/h3-6,9-11,29H,7-8H2,1-2H3/b19-11-. The number of ether oxygens (including phenoxy) is 1. The van der Waals surface area contributed by atoms with E-state index in [2.05, 4.69) is 0 Å². The number of phenolic OH excluding ortho intramolecular Hbond substituents is 1. The normalized spacial score (nSPS) is 15.4. The number of phenols is 1. The second-order valence-electron chi connectivity index (χ2n) is 7.29. The second-order valence-corrected chi connectivity index (χ2v) is 8.28. The van der Waals surface area contributed by atoms with Crippen LogP contribution in [0.3, 0.4) is 0 Å². The van der Waals surface area contributed by atoms with Crippen LogP contribution in [0.5, 0.6) is 17.2 Å². The van der Waals surface area contributed by atoms with Crippen molar-refractivity contribution in [2.45, 2.75) is 6.18 Å². The van der Waals surface area contributed by atoms with Crippen molar-refractivity contribution in [2.24, 2.45) is 0 Å². The third-order valence-electron chi connectivity index (χ3n) is 4.56. The maximum atomic E-state index is 13.3. The van der Waals surface area contributed by atoms with Gasteiger partial charge in [0.15, 0.2) is 11.5 Å². The molecule has 2 aromatic carbocycles. The molecule has 1 saturated heterocycles. The van der Waals surface area contributed by atoms with Crippen LogP contribution in [0.1, 0.15) is 16.7 Å². The molecule has 172 valence electrons. The van der Waals surface area contributed by atoms with Gasteiger partial charge in [-0.1, -0.05) is 6.07 Å². The summed E-state index contributed by atoms with van der Waals surface area (Å²) in [5.74, 6) is -1.75. The number of nitriles is 1. The highest BCUT2D eigenvalue weighted by molar-refractivity contribution is 8.18. The Morgan fingerprint density at radius 1 is 1.18 bits per heavy atom. The third kappa shape index (κ3) is 5.66. The van der Waals surface area contributed by atoms with Crippen LogP contribution in [0.4, 0.5) is 18.0 Å². The van der Waals surface area contributed by atoms with Gasteiger partial charge >= 0.3 is 6.18 Å². The molecule has 0 unspecified atom stereocenters. The number of nitrogens with zero attached hydrogens (tertiary/aromatic N) is 3. The summed E-state index contributed by atoms with van der Waals surface area (Å²) in [5.41, 5.74) is -0.987. The first-order chi connectivity index (χ1) is 15.5. The monoisotopic (exact) mass is 477 g/mol. The number of benzene rings is 2. The molecule has 1 aliphatic heterocycles. The number of halogens is 3. The number of hydrogen-bond donors (Lipinski definition) is 1. The smallest absolute Gasteiger partial charge is 0.420 e. The van der Waals surface area contributed by atoms with Crippen molar-refractivity contribution >= 4 is 29.0 Å². The Kier molecular flexibility index (Phi) is 7.00. The van der Waals surface area contributed by atoms with Crippen molar-refractivity contribution in [2.75, 3.05) is 27.2 Å². The Hall–Kier alpha value is -3.49. The molecule has 3 rings (SSSR count). The number of thioether (sulfide) groups is 1. The van der Waals surface area contributed by atoms with E-state index in [0.29, 0.717) is 18.2 Å². The number of rotatable bonds is 6. The van der Waals surface area contributed by atoms with Crippen LogP contribution in [-0.2, 0) is 11.0 Å². The van der Waals surface area contributed by atoms with Gasteiger partial charge in [0.1, 0.15) is 5.75 Å². The Labute approximate surface area is 191 Å². The molecule has 2 amide bonds. The van der Waals surface area contributed by atoms with E-state index in [0.717, 1.165) is 22.7 Å². The van der Waals surface area contributed by atoms with E-state index in [1.54, 1.807) is 6.07 Å². The van der Waals surface area contributed by atoms with Crippen molar-refractivity contribution in [3.05, 3.63) is 58.0 Å². The predicted molar refractivity (Wildman–Crippen MR) is 116 cm³/mol. The fourth-order valence-corrected chi connectivity index (χ4v) is 3.75. The van der Waals surface area contributed by atoms with Crippen molar-refractivity contribution in [1.82, 2.24) is 9.80 Å². The Balaban J connectivity index is 1.83. The molecular formula is C22H18F3N3O4S. The zero-order valence-electron chi connectivity index (χ0n) is 17.5. The highest BCUT2D eigenvalue weighted by Gasteiger charge is 2.36. The second kappa shape index (κ2) is 9.56. The fraction of sp³-hybridized carbons (Fsp3) is 0.227. The first-order valence-corrected chi connectivity index (χ1v) is 10.3. The first-order valence-electron chi connectivity index (χ1n) is 9.52. The van der Waals surface area contributed by atoms with Gasteiger partial charge in [-0.25, -0.2) is 0 Å². The van der Waals surface area contributed by atoms with Crippen LogP contribution in [0.2, 0.25) is 0 Å². The highest BCUT2D eigenvalue weighted by atomic mass is 32.2. The number of carbonyl (C=O) groups excluding carboxylic acids is 2. The van der Waals surface area contributed by atoms with E-state index in [1.165, 1.54) is 30.3 Å². The van der Waals surface area contributed by atoms with Crippen molar-refractivity contribution < 1.29 is 32.6 Å². The van der Waals surface area contributed by atoms with Gasteiger partial charge < -0.3 is 14.7 Å². The zero-order chi connectivity index (χ0) is 24.3. The third-order valence-corrected chi connectivity index (χ3v) is 5.47. The Morgan fingerprint density at radius 3 is 2.48 bits per heavy atom. The molecule has 11 heteroatoms. The number of alkyl halides is 3. The molecule has 0 bridgehead atoms. The largest absolute Gasteiger partial charge is 0.504 e. The lowest BCUT2D eigenvalue weighted by molar-refractivity contribution is -0.138. The topological polar surface area (TPSA) is 93.9 Å². The van der Waals surface area contributed by atoms with Crippen LogP contribution in [0.25, 0.3) is 6.08 Å². The minimum absolute atomic E-state index is 0.165. The van der Waals surface area contributed by atoms with Gasteiger partial charge in [0.2, 0.25) is 0 Å². The Bertz CT molecular complexity index is 1170. The van der Waals surface area contributed by atoms with Gasteiger partial charge in [0.05, 0.1) is 22.1 Å². The SMILES string of the molecule is CN(C)CCN1C(=O)S/C(=C\c2ccc(Oc3ccc(C#N)cc3C(F)(F)F)c(O)c2)C1=O. The number of carbonyl (C=O) groups is 2. The van der Waals surface area contributed by atoms with E-state index >= 15 is 0 Å². The summed E-state index contributed by atoms with van der Waals surface area (Å²) in [7, 11) is 3.63. The molecule has 7 nitrogen and oxygen atoms in total. The number of amides is 2. The van der Waals surface area contributed by atoms with Crippen LogP contribution < -0.4 is 4.74 Å². The molecule has 2 aromatic rings. The molecule has 0 spiro atoms. The van der Waals surface area contributed by atoms with E-state index < -0.39 is 34.4 Å². The van der Waals surface area contributed by atoms with Crippen molar-refractivity contribution in [1.29, 1.82) is 5.26 Å². The Morgan fingerprint density at radius 2 is 1.88 bits per heavy atom. The lowest BCUT2D eigenvalue weighted by Crippen LogP contribution is -2.34. The summed E-state index contributed by atoms with van der Waals surface area (Å²) in [6.07, 6.45) is -3.36. The van der Waals surface area contributed by atoms with Crippen LogP contribution in [0.15, 0.2) is 41.3 Å². The van der Waals surface area contributed by atoms with Crippen LogP contribution in [0, 0.1) is 11.3 Å². The molecule has 1 fully saturated rings. The van der Waals surface area contributed by atoms with Crippen LogP contribution in [-0.4, -0.2) is 53.2 Å². The average molecular weight is 477 g/mol. The molecule has 0 aliphatic carbocycles. The van der Waals surface area contributed by atoms with Gasteiger partial charge in [-0.2, -0.15) is 18.4 Å². The number of hydrogen-bond acceptors (Lipinski definition) is 7. The lowest BCUT2D eigenvalue weighted by atomic mass is 10.1. The molecule has 1 heterocycles. The van der Waals surface area contributed by atoms with Gasteiger partial charge in [-0.05, 0) is 67.8 Å². The number of imide groups is 1. The van der Waals surface area contributed by atoms with Crippen molar-refractivity contribution in [3.8, 4) is 23.3 Å². The summed E-state index contributed by atoms with van der Waals surface area (Å²) in [4.78, 5) is 27.7. The molecule has 0 radical (unpaired) electrons. The fourth-order valence-electron chi connectivity index (χ4n) is 2.88. The maximum Gasteiger partial charge on any atom is 0.420 e. The average Bonchev–Trinajstić information content (AvgIpc) is 3.00. The van der Waals surface area contributed by atoms with E-state index in [9.17, 15) is 27.9 Å². The molecule has 1 N–H and O–H groups in total. The van der Waals surface area contributed by atoms with Gasteiger partial charge in [-0.15, -0.1) is 0 Å². The van der Waals surface area contributed by atoms with E-state index in [1.807, 2.05) is 19.0 Å². The summed E-state index contributed by atoms with van der Waals surface area (Å²) in [6.45, 7) is 0.743. The maximum absolute atomic E-state index is 13.3. The molecule has 0 atom stereocenters. The predicted octanol–water partition coefficient (Wildman–Crippen LogP) is 4.67. The zero-order valence-corrected chi connectivity index (χ0v) is 18.3. The van der Waals surface area contributed by atoms with Gasteiger partial charge in [0, 0.05) is 13.1 Å². The molecular weight excluding hydrogens is 459 g/mol. The minimum Gasteiger partial charge on any atom is -0.504 e. The summed E-state index contributed by atoms with van der Waals surface area (Å²) in [5, 5.41) is 18.7. The number of likely N-dealkylation sites (N-methyl/N-ethyl adjacent to an activating group) is 1. The molecule has 0 saturated carbocycles. The number of aromatic hydroxyl groups is 1. The summed E-state index contributed by atoms with van der Waals surface area (Å²) >= 11 is 0.765. The first kappa shape index (κ1) is 24.2. The minimum atomic E-state index is -4.77. The van der Waals surface area contributed by atoms with E-state index in [-0.39, 0.29) is 22.8 Å². The van der Waals surface area contributed by atoms with E-state index in [4.69, 9.17) is 10.00 Å². The molecule has 0 aromatic heterocycles. The molecule has 1 aliphatic rings. The van der Waals surface area contributed by atoms with Gasteiger partial charge in [-0.3, -0.25) is 14.5 Å². The van der Waals surface area contributed by atoms with Crippen LogP contribution >= 0.6 is 11.8 Å². The quantitative estimate of drug-likeness (QED) is 0.604. The summed E-state index contributed by atoms with van der Waals surface area (Å²) < 4.78 is 45.3. The summed E-state index contributed by atoms with van der Waals surface area (Å²) in [6, 6.07) is 8.35. The van der Waals surface area contributed by atoms with Gasteiger partial charge in [0.25, 0.3) is 11.1 Å². The highest BCUT2D eigenvalue weighted by Crippen LogP contribution is 2.41. The lowest BCUT2D eigenvalue weighted by Gasteiger charge is -2.15. The molecule has 33 heavy (non-hydrogen) atoms. The van der Waals surface area contributed by atoms with Crippen molar-refractivity contribution in [3.63, 3.8) is 0 Å².